The van der Waals surface area contributed by atoms with Crippen molar-refractivity contribution < 1.29 is 9.59 Å². The number of aromatic nitrogens is 1. The molecule has 7 heteroatoms. The van der Waals surface area contributed by atoms with E-state index in [4.69, 9.17) is 0 Å². The van der Waals surface area contributed by atoms with E-state index in [1.165, 1.54) is 5.56 Å². The molecule has 0 unspecified atom stereocenters. The predicted molar refractivity (Wildman–Crippen MR) is 133 cm³/mol. The van der Waals surface area contributed by atoms with Crippen LogP contribution in [-0.2, 0) is 17.9 Å². The lowest BCUT2D eigenvalue weighted by Crippen LogP contribution is -2.60. The number of carbonyl (C=O) groups excluding carboxylic acids is 2. The van der Waals surface area contributed by atoms with E-state index < -0.39 is 6.04 Å². The van der Waals surface area contributed by atoms with Gasteiger partial charge in [0.15, 0.2) is 0 Å². The topological polar surface area (TPSA) is 77.6 Å². The average Bonchev–Trinajstić information content (AvgIpc) is 2.88. The van der Waals surface area contributed by atoms with Crippen LogP contribution >= 0.6 is 0 Å². The van der Waals surface area contributed by atoms with Crippen LogP contribution in [0.4, 0.5) is 5.69 Å². The molecule has 1 aromatic heterocycles. The number of rotatable bonds is 7. The molecule has 2 heterocycles. The standard InChI is InChI=1S/C27H31N5O2/c1-20-10-11-23(15-24(20)30-17-22-9-6-12-29-16-22)27(34)32-14-13-31(19-25(32)26(33)28-2)18-21-7-4-3-5-8-21/h3-12,15-16,25,30H,13-14,17-19H2,1-2H3,(H,28,33)/t25-/m1/s1. The largest absolute Gasteiger partial charge is 0.381 e. The summed E-state index contributed by atoms with van der Waals surface area (Å²) < 4.78 is 0. The molecule has 3 aromatic rings. The molecule has 1 atom stereocenters. The van der Waals surface area contributed by atoms with Crippen molar-refractivity contribution >= 4 is 17.5 Å². The van der Waals surface area contributed by atoms with Gasteiger partial charge in [-0.3, -0.25) is 19.5 Å². The summed E-state index contributed by atoms with van der Waals surface area (Å²) in [6, 6.07) is 19.2. The molecular weight excluding hydrogens is 426 g/mol. The van der Waals surface area contributed by atoms with Gasteiger partial charge in [0, 0.05) is 63.4 Å². The number of amides is 2. The highest BCUT2D eigenvalue weighted by atomic mass is 16.2. The second-order valence-corrected chi connectivity index (χ2v) is 8.59. The molecule has 34 heavy (non-hydrogen) atoms. The Labute approximate surface area is 200 Å². The first-order valence-electron chi connectivity index (χ1n) is 11.6. The molecule has 0 aliphatic carbocycles. The third-order valence-corrected chi connectivity index (χ3v) is 6.21. The van der Waals surface area contributed by atoms with E-state index in [-0.39, 0.29) is 11.8 Å². The number of piperazine rings is 1. The second kappa shape index (κ2) is 10.9. The minimum absolute atomic E-state index is 0.127. The Hall–Kier alpha value is -3.71. The maximum absolute atomic E-state index is 13.5. The Morgan fingerprint density at radius 1 is 1.03 bits per heavy atom. The Morgan fingerprint density at radius 2 is 1.82 bits per heavy atom. The molecule has 7 nitrogen and oxygen atoms in total. The van der Waals surface area contributed by atoms with E-state index in [1.807, 2.05) is 61.7 Å². The van der Waals surface area contributed by atoms with Gasteiger partial charge in [-0.1, -0.05) is 42.5 Å². The van der Waals surface area contributed by atoms with E-state index in [0.717, 1.165) is 23.4 Å². The molecule has 1 saturated heterocycles. The number of benzene rings is 2. The Morgan fingerprint density at radius 3 is 2.56 bits per heavy atom. The van der Waals surface area contributed by atoms with Gasteiger partial charge >= 0.3 is 0 Å². The smallest absolute Gasteiger partial charge is 0.254 e. The monoisotopic (exact) mass is 457 g/mol. The lowest BCUT2D eigenvalue weighted by Gasteiger charge is -2.40. The van der Waals surface area contributed by atoms with Gasteiger partial charge in [-0.25, -0.2) is 0 Å². The second-order valence-electron chi connectivity index (χ2n) is 8.59. The summed E-state index contributed by atoms with van der Waals surface area (Å²) in [5.41, 5.74) is 4.78. The first-order valence-corrected chi connectivity index (χ1v) is 11.6. The molecule has 0 spiro atoms. The van der Waals surface area contributed by atoms with Crippen LogP contribution in [0.3, 0.4) is 0 Å². The first kappa shape index (κ1) is 23.4. The van der Waals surface area contributed by atoms with Crippen molar-refractivity contribution in [2.45, 2.75) is 26.1 Å². The summed E-state index contributed by atoms with van der Waals surface area (Å²) in [6.45, 7) is 5.09. The maximum atomic E-state index is 13.5. The lowest BCUT2D eigenvalue weighted by atomic mass is 10.0. The molecule has 2 N–H and O–H groups in total. The molecule has 1 fully saturated rings. The number of hydrogen-bond acceptors (Lipinski definition) is 5. The van der Waals surface area contributed by atoms with E-state index in [2.05, 4.69) is 32.7 Å². The van der Waals surface area contributed by atoms with Crippen LogP contribution in [0.2, 0.25) is 0 Å². The molecule has 4 rings (SSSR count). The molecule has 0 radical (unpaired) electrons. The van der Waals surface area contributed by atoms with Crippen LogP contribution < -0.4 is 10.6 Å². The van der Waals surface area contributed by atoms with Crippen LogP contribution in [0.15, 0.2) is 73.1 Å². The number of aryl methyl sites for hydroxylation is 1. The minimum Gasteiger partial charge on any atom is -0.381 e. The summed E-state index contributed by atoms with van der Waals surface area (Å²) in [5.74, 6) is -0.273. The number of carbonyl (C=O) groups is 2. The SMILES string of the molecule is CNC(=O)[C@H]1CN(Cc2ccccc2)CCN1C(=O)c1ccc(C)c(NCc2cccnc2)c1. The fourth-order valence-electron chi connectivity index (χ4n) is 4.27. The maximum Gasteiger partial charge on any atom is 0.254 e. The van der Waals surface area contributed by atoms with Gasteiger partial charge in [0.1, 0.15) is 6.04 Å². The molecule has 1 aliphatic heterocycles. The molecule has 2 aromatic carbocycles. The Kier molecular flexibility index (Phi) is 7.54. The normalized spacial score (nSPS) is 16.2. The number of nitrogens with zero attached hydrogens (tertiary/aromatic N) is 3. The van der Waals surface area contributed by atoms with Crippen molar-refractivity contribution in [3.8, 4) is 0 Å². The van der Waals surface area contributed by atoms with E-state index in [0.29, 0.717) is 31.7 Å². The van der Waals surface area contributed by atoms with E-state index in [9.17, 15) is 9.59 Å². The summed E-state index contributed by atoms with van der Waals surface area (Å²) in [7, 11) is 1.62. The van der Waals surface area contributed by atoms with Crippen LogP contribution in [0.1, 0.15) is 27.0 Å². The van der Waals surface area contributed by atoms with Gasteiger partial charge in [0.2, 0.25) is 5.91 Å². The Bertz CT molecular complexity index is 1120. The highest BCUT2D eigenvalue weighted by molar-refractivity contribution is 5.98. The highest BCUT2D eigenvalue weighted by Crippen LogP contribution is 2.22. The van der Waals surface area contributed by atoms with Gasteiger partial charge in [-0.2, -0.15) is 0 Å². The van der Waals surface area contributed by atoms with E-state index in [1.54, 1.807) is 18.1 Å². The molecule has 0 saturated carbocycles. The van der Waals surface area contributed by atoms with Crippen LogP contribution in [-0.4, -0.2) is 59.3 Å². The highest BCUT2D eigenvalue weighted by Gasteiger charge is 2.35. The minimum atomic E-state index is -0.539. The molecule has 176 valence electrons. The average molecular weight is 458 g/mol. The third-order valence-electron chi connectivity index (χ3n) is 6.21. The van der Waals surface area contributed by atoms with Crippen molar-refractivity contribution in [1.82, 2.24) is 20.1 Å². The number of nitrogens with one attached hydrogen (secondary N) is 2. The zero-order valence-corrected chi connectivity index (χ0v) is 19.7. The fraction of sp³-hybridized carbons (Fsp3) is 0.296. The summed E-state index contributed by atoms with van der Waals surface area (Å²) in [6.07, 6.45) is 3.57. The van der Waals surface area contributed by atoms with Gasteiger partial charge in [-0.15, -0.1) is 0 Å². The van der Waals surface area contributed by atoms with Crippen molar-refractivity contribution in [1.29, 1.82) is 0 Å². The third kappa shape index (κ3) is 5.61. The van der Waals surface area contributed by atoms with Crippen molar-refractivity contribution in [2.24, 2.45) is 0 Å². The summed E-state index contributed by atoms with van der Waals surface area (Å²) in [5, 5.41) is 6.15. The van der Waals surface area contributed by atoms with Crippen molar-refractivity contribution in [3.63, 3.8) is 0 Å². The lowest BCUT2D eigenvalue weighted by molar-refractivity contribution is -0.127. The van der Waals surface area contributed by atoms with Gasteiger partial charge in [0.05, 0.1) is 0 Å². The molecule has 1 aliphatic rings. The summed E-state index contributed by atoms with van der Waals surface area (Å²) in [4.78, 5) is 34.3. The number of likely N-dealkylation sites (N-methyl/N-ethyl adjacent to an activating group) is 1. The van der Waals surface area contributed by atoms with Gasteiger partial charge in [0.25, 0.3) is 5.91 Å². The molecular formula is C27H31N5O2. The van der Waals surface area contributed by atoms with Gasteiger partial charge < -0.3 is 15.5 Å². The zero-order valence-electron chi connectivity index (χ0n) is 19.7. The quantitative estimate of drug-likeness (QED) is 0.570. The Balaban J connectivity index is 1.48. The zero-order chi connectivity index (χ0) is 23.9. The number of pyridine rings is 1. The predicted octanol–water partition coefficient (Wildman–Crippen LogP) is 3.07. The van der Waals surface area contributed by atoms with Crippen LogP contribution in [0.25, 0.3) is 0 Å². The number of anilines is 1. The summed E-state index contributed by atoms with van der Waals surface area (Å²) >= 11 is 0. The molecule has 2 amide bonds. The first-order chi connectivity index (χ1) is 16.5. The van der Waals surface area contributed by atoms with Gasteiger partial charge in [-0.05, 0) is 41.8 Å². The number of hydrogen-bond donors (Lipinski definition) is 2. The van der Waals surface area contributed by atoms with Crippen molar-refractivity contribution in [2.75, 3.05) is 32.0 Å². The molecule has 0 bridgehead atoms. The van der Waals surface area contributed by atoms with E-state index >= 15 is 0 Å². The fourth-order valence-corrected chi connectivity index (χ4v) is 4.27. The van der Waals surface area contributed by atoms with Crippen molar-refractivity contribution in [3.05, 3.63) is 95.3 Å². The van der Waals surface area contributed by atoms with Crippen LogP contribution in [0.5, 0.6) is 0 Å². The van der Waals surface area contributed by atoms with Crippen LogP contribution in [0, 0.1) is 6.92 Å².